The Hall–Kier alpha value is -2.17. The van der Waals surface area contributed by atoms with Gasteiger partial charge in [-0.3, -0.25) is 0 Å². The fraction of sp³-hybridized carbons (Fsp3) is 0.133. The second-order valence-corrected chi connectivity index (χ2v) is 4.16. The minimum Gasteiger partial charge on any atom is -0.395 e. The summed E-state index contributed by atoms with van der Waals surface area (Å²) < 4.78 is 0. The van der Waals surface area contributed by atoms with E-state index in [1.54, 1.807) is 12.1 Å². The van der Waals surface area contributed by atoms with E-state index in [2.05, 4.69) is 4.84 Å². The van der Waals surface area contributed by atoms with Gasteiger partial charge in [0.25, 0.3) is 0 Å². The summed E-state index contributed by atoms with van der Waals surface area (Å²) in [7, 11) is 0. The van der Waals surface area contributed by atoms with Gasteiger partial charge in [-0.15, -0.1) is 0 Å². The molecule has 4 nitrogen and oxygen atoms in total. The van der Waals surface area contributed by atoms with E-state index in [1.165, 1.54) is 0 Å². The highest BCUT2D eigenvalue weighted by atomic mass is 16.7. The van der Waals surface area contributed by atoms with Gasteiger partial charge in [-0.25, -0.2) is 4.79 Å². The first-order valence-corrected chi connectivity index (χ1v) is 5.93. The van der Waals surface area contributed by atoms with Crippen molar-refractivity contribution in [2.24, 2.45) is 5.90 Å². The Kier molecular flexibility index (Phi) is 4.28. The van der Waals surface area contributed by atoms with Crippen LogP contribution < -0.4 is 5.90 Å². The highest BCUT2D eigenvalue weighted by molar-refractivity contribution is 5.78. The van der Waals surface area contributed by atoms with Gasteiger partial charge in [-0.2, -0.15) is 5.90 Å². The number of carbonyl (C=O) groups excluding carboxylic acids is 1. The molecule has 0 unspecified atom stereocenters. The van der Waals surface area contributed by atoms with Gasteiger partial charge in [0, 0.05) is 0 Å². The average Bonchev–Trinajstić information content (AvgIpc) is 2.49. The number of rotatable bonds is 4. The standard InChI is InChI=1S/C15H15NO3/c16-19-15(18)14(10-17)13-8-6-12(7-9-13)11-4-2-1-3-5-11/h1-9,14,17H,10,16H2/t14-/m1/s1. The van der Waals surface area contributed by atoms with Gasteiger partial charge in [0.2, 0.25) is 0 Å². The fourth-order valence-electron chi connectivity index (χ4n) is 1.94. The lowest BCUT2D eigenvalue weighted by Gasteiger charge is -2.12. The van der Waals surface area contributed by atoms with Crippen molar-refractivity contribution in [1.29, 1.82) is 0 Å². The number of aliphatic hydroxyl groups excluding tert-OH is 1. The first-order valence-electron chi connectivity index (χ1n) is 5.93. The SMILES string of the molecule is NOC(=O)[C@H](CO)c1ccc(-c2ccccc2)cc1. The maximum atomic E-state index is 11.4. The van der Waals surface area contributed by atoms with Crippen molar-refractivity contribution in [3.8, 4) is 11.1 Å². The molecule has 0 aromatic heterocycles. The molecule has 98 valence electrons. The van der Waals surface area contributed by atoms with Crippen molar-refractivity contribution in [2.45, 2.75) is 5.92 Å². The normalized spacial score (nSPS) is 11.9. The maximum absolute atomic E-state index is 11.4. The molecule has 0 radical (unpaired) electrons. The third-order valence-corrected chi connectivity index (χ3v) is 3.00. The van der Waals surface area contributed by atoms with Crippen LogP contribution in [0.5, 0.6) is 0 Å². The van der Waals surface area contributed by atoms with Crippen LogP contribution in [0.1, 0.15) is 11.5 Å². The Balaban J connectivity index is 2.25. The average molecular weight is 257 g/mol. The van der Waals surface area contributed by atoms with E-state index in [-0.39, 0.29) is 6.61 Å². The Labute approximate surface area is 111 Å². The van der Waals surface area contributed by atoms with E-state index in [0.717, 1.165) is 11.1 Å². The van der Waals surface area contributed by atoms with Crippen LogP contribution in [-0.4, -0.2) is 17.7 Å². The first kappa shape index (κ1) is 13.3. The van der Waals surface area contributed by atoms with Crippen LogP contribution >= 0.6 is 0 Å². The van der Waals surface area contributed by atoms with E-state index in [0.29, 0.717) is 5.56 Å². The molecule has 2 aromatic carbocycles. The summed E-state index contributed by atoms with van der Waals surface area (Å²) in [5, 5.41) is 9.21. The number of hydrogen-bond donors (Lipinski definition) is 2. The Morgan fingerprint density at radius 2 is 1.63 bits per heavy atom. The Morgan fingerprint density at radius 3 is 2.16 bits per heavy atom. The summed E-state index contributed by atoms with van der Waals surface area (Å²) >= 11 is 0. The molecule has 2 rings (SSSR count). The highest BCUT2D eigenvalue weighted by Gasteiger charge is 2.20. The van der Waals surface area contributed by atoms with Gasteiger partial charge in [0.15, 0.2) is 0 Å². The molecule has 0 bridgehead atoms. The van der Waals surface area contributed by atoms with Crippen molar-refractivity contribution < 1.29 is 14.7 Å². The minimum absolute atomic E-state index is 0.333. The summed E-state index contributed by atoms with van der Waals surface area (Å²) in [5.74, 6) is 3.46. The number of aliphatic hydroxyl groups is 1. The van der Waals surface area contributed by atoms with E-state index in [9.17, 15) is 9.90 Å². The second kappa shape index (κ2) is 6.13. The van der Waals surface area contributed by atoms with Crippen LogP contribution in [0.15, 0.2) is 54.6 Å². The summed E-state index contributed by atoms with van der Waals surface area (Å²) in [4.78, 5) is 15.6. The molecule has 0 aliphatic rings. The molecule has 0 saturated carbocycles. The third-order valence-electron chi connectivity index (χ3n) is 3.00. The van der Waals surface area contributed by atoms with E-state index in [4.69, 9.17) is 5.90 Å². The fourth-order valence-corrected chi connectivity index (χ4v) is 1.94. The van der Waals surface area contributed by atoms with E-state index < -0.39 is 11.9 Å². The lowest BCUT2D eigenvalue weighted by Crippen LogP contribution is -2.22. The Bertz CT molecular complexity index is 537. The molecule has 0 amide bonds. The van der Waals surface area contributed by atoms with Crippen LogP contribution in [0, 0.1) is 0 Å². The molecule has 0 aliphatic carbocycles. The molecular weight excluding hydrogens is 242 g/mol. The van der Waals surface area contributed by atoms with Crippen LogP contribution in [0.2, 0.25) is 0 Å². The van der Waals surface area contributed by atoms with Crippen LogP contribution in [-0.2, 0) is 9.63 Å². The zero-order valence-electron chi connectivity index (χ0n) is 10.3. The lowest BCUT2D eigenvalue weighted by molar-refractivity contribution is -0.147. The monoisotopic (exact) mass is 257 g/mol. The highest BCUT2D eigenvalue weighted by Crippen LogP contribution is 2.23. The second-order valence-electron chi connectivity index (χ2n) is 4.16. The number of nitrogens with two attached hydrogens (primary N) is 1. The summed E-state index contributed by atoms with van der Waals surface area (Å²) in [6.45, 7) is -0.333. The molecule has 0 heterocycles. The largest absolute Gasteiger partial charge is 0.395 e. The summed E-state index contributed by atoms with van der Waals surface area (Å²) in [6.07, 6.45) is 0. The molecule has 0 spiro atoms. The van der Waals surface area contributed by atoms with Crippen LogP contribution in [0.25, 0.3) is 11.1 Å². The Morgan fingerprint density at radius 1 is 1.05 bits per heavy atom. The van der Waals surface area contributed by atoms with Gasteiger partial charge in [0.1, 0.15) is 5.92 Å². The molecule has 4 heteroatoms. The van der Waals surface area contributed by atoms with Crippen molar-refractivity contribution >= 4 is 5.97 Å². The van der Waals surface area contributed by atoms with E-state index in [1.807, 2.05) is 42.5 Å². The summed E-state index contributed by atoms with van der Waals surface area (Å²) in [5.41, 5.74) is 2.82. The molecule has 0 aliphatic heterocycles. The number of benzene rings is 2. The lowest BCUT2D eigenvalue weighted by atomic mass is 9.97. The minimum atomic E-state index is -0.741. The number of carbonyl (C=O) groups is 1. The van der Waals surface area contributed by atoms with Crippen LogP contribution in [0.4, 0.5) is 0 Å². The zero-order valence-corrected chi connectivity index (χ0v) is 10.3. The maximum Gasteiger partial charge on any atom is 0.334 e. The van der Waals surface area contributed by atoms with Crippen molar-refractivity contribution in [1.82, 2.24) is 0 Å². The third kappa shape index (κ3) is 2.99. The van der Waals surface area contributed by atoms with Gasteiger partial charge in [-0.1, -0.05) is 54.6 Å². The van der Waals surface area contributed by atoms with Gasteiger partial charge in [-0.05, 0) is 16.7 Å². The molecule has 0 saturated heterocycles. The number of hydrogen-bond acceptors (Lipinski definition) is 4. The molecule has 2 aromatic rings. The predicted molar refractivity (Wildman–Crippen MR) is 72.0 cm³/mol. The van der Waals surface area contributed by atoms with Gasteiger partial charge in [0.05, 0.1) is 6.61 Å². The predicted octanol–water partition coefficient (Wildman–Crippen LogP) is 1.85. The quantitative estimate of drug-likeness (QED) is 0.820. The van der Waals surface area contributed by atoms with Gasteiger partial charge < -0.3 is 9.94 Å². The van der Waals surface area contributed by atoms with Crippen molar-refractivity contribution in [3.05, 3.63) is 60.2 Å². The smallest absolute Gasteiger partial charge is 0.334 e. The van der Waals surface area contributed by atoms with Crippen LogP contribution in [0.3, 0.4) is 0 Å². The van der Waals surface area contributed by atoms with E-state index >= 15 is 0 Å². The topological polar surface area (TPSA) is 72.5 Å². The molecular formula is C15H15NO3. The molecule has 3 N–H and O–H groups in total. The molecule has 1 atom stereocenters. The summed E-state index contributed by atoms with van der Waals surface area (Å²) in [6, 6.07) is 17.3. The van der Waals surface area contributed by atoms with Crippen molar-refractivity contribution in [3.63, 3.8) is 0 Å². The zero-order chi connectivity index (χ0) is 13.7. The molecule has 0 fully saturated rings. The van der Waals surface area contributed by atoms with Gasteiger partial charge >= 0.3 is 5.97 Å². The first-order chi connectivity index (χ1) is 9.26. The van der Waals surface area contributed by atoms with Crippen molar-refractivity contribution in [2.75, 3.05) is 6.61 Å². The molecule has 19 heavy (non-hydrogen) atoms.